The van der Waals surface area contributed by atoms with Crippen LogP contribution in [0.3, 0.4) is 0 Å². The van der Waals surface area contributed by atoms with Crippen LogP contribution in [0.2, 0.25) is 0 Å². The number of hydrogen-bond acceptors (Lipinski definition) is 5. The molecule has 2 atom stereocenters. The van der Waals surface area contributed by atoms with Gasteiger partial charge in [-0.15, -0.1) is 35.3 Å². The Labute approximate surface area is 177 Å². The number of aliphatic imine (C=N–C) groups is 1. The number of nitrogens with one attached hydrogen (secondary N) is 1. The first kappa shape index (κ1) is 23.1. The molecule has 0 saturated carbocycles. The number of nitrogens with zero attached hydrogens (tertiary/aromatic N) is 3. The smallest absolute Gasteiger partial charge is 0.310 e. The van der Waals surface area contributed by atoms with E-state index >= 15 is 0 Å². The van der Waals surface area contributed by atoms with E-state index in [0.29, 0.717) is 13.1 Å². The zero-order valence-electron chi connectivity index (χ0n) is 16.5. The van der Waals surface area contributed by atoms with Crippen molar-refractivity contribution in [3.63, 3.8) is 0 Å². The lowest BCUT2D eigenvalue weighted by molar-refractivity contribution is -0.145. The Morgan fingerprint density at radius 3 is 2.69 bits per heavy atom. The normalized spacial score (nSPS) is 20.7. The Morgan fingerprint density at radius 1 is 1.46 bits per heavy atom. The van der Waals surface area contributed by atoms with Crippen LogP contribution in [-0.2, 0) is 21.5 Å². The summed E-state index contributed by atoms with van der Waals surface area (Å²) < 4.78 is 4.92. The van der Waals surface area contributed by atoms with E-state index in [1.165, 1.54) is 7.11 Å². The van der Waals surface area contributed by atoms with Gasteiger partial charge in [-0.3, -0.25) is 4.79 Å². The lowest BCUT2D eigenvalue weighted by Crippen LogP contribution is -2.40. The third-order valence-corrected chi connectivity index (χ3v) is 5.65. The molecule has 26 heavy (non-hydrogen) atoms. The van der Waals surface area contributed by atoms with Crippen LogP contribution >= 0.6 is 35.3 Å². The van der Waals surface area contributed by atoms with Gasteiger partial charge in [-0.25, -0.2) is 9.98 Å². The van der Waals surface area contributed by atoms with Gasteiger partial charge in [-0.2, -0.15) is 0 Å². The van der Waals surface area contributed by atoms with Crippen LogP contribution in [0.5, 0.6) is 0 Å². The van der Waals surface area contributed by atoms with Crippen LogP contribution in [0.25, 0.3) is 0 Å². The van der Waals surface area contributed by atoms with Crippen molar-refractivity contribution >= 4 is 47.2 Å². The van der Waals surface area contributed by atoms with Gasteiger partial charge in [0.05, 0.1) is 30.3 Å². The second kappa shape index (κ2) is 9.87. The third-order valence-electron chi connectivity index (χ3n) is 4.33. The third kappa shape index (κ3) is 5.80. The number of hydrogen-bond donors (Lipinski definition) is 1. The summed E-state index contributed by atoms with van der Waals surface area (Å²) in [6, 6.07) is 0. The average Bonchev–Trinajstić information content (AvgIpc) is 3.17. The maximum Gasteiger partial charge on any atom is 0.310 e. The number of esters is 1. The molecule has 0 amide bonds. The quantitative estimate of drug-likeness (QED) is 0.301. The maximum absolute atomic E-state index is 11.9. The largest absolute Gasteiger partial charge is 0.469 e. The predicted octanol–water partition coefficient (Wildman–Crippen LogP) is 3.27. The molecular formula is C18H31IN4O2S. The minimum Gasteiger partial charge on any atom is -0.469 e. The highest BCUT2D eigenvalue weighted by atomic mass is 127. The Morgan fingerprint density at radius 2 is 2.15 bits per heavy atom. The van der Waals surface area contributed by atoms with E-state index in [2.05, 4.69) is 43.3 Å². The Balaban J connectivity index is 0.00000338. The van der Waals surface area contributed by atoms with Crippen molar-refractivity contribution < 1.29 is 9.53 Å². The molecule has 1 aromatic rings. The SMILES string of the molecule is CCNC(=NCc1csc(C(C)(C)C)n1)N1CC(C)C(C(=O)OC)C1.I. The summed E-state index contributed by atoms with van der Waals surface area (Å²) in [4.78, 5) is 23.5. The van der Waals surface area contributed by atoms with Gasteiger partial charge in [-0.1, -0.05) is 27.7 Å². The molecule has 8 heteroatoms. The summed E-state index contributed by atoms with van der Waals surface area (Å²) in [6.45, 7) is 13.4. The van der Waals surface area contributed by atoms with Gasteiger partial charge in [0.1, 0.15) is 0 Å². The molecule has 2 unspecified atom stereocenters. The maximum atomic E-state index is 11.9. The fraction of sp³-hybridized carbons (Fsp3) is 0.722. The number of likely N-dealkylation sites (tertiary alicyclic amines) is 1. The van der Waals surface area contributed by atoms with Crippen LogP contribution in [0.1, 0.15) is 45.3 Å². The number of halogens is 1. The lowest BCUT2D eigenvalue weighted by atomic mass is 9.98. The van der Waals surface area contributed by atoms with Gasteiger partial charge >= 0.3 is 5.97 Å². The van der Waals surface area contributed by atoms with Crippen molar-refractivity contribution in [2.24, 2.45) is 16.8 Å². The Bertz CT molecular complexity index is 627. The minimum absolute atomic E-state index is 0. The van der Waals surface area contributed by atoms with E-state index in [4.69, 9.17) is 14.7 Å². The molecule has 1 saturated heterocycles. The fourth-order valence-corrected chi connectivity index (χ4v) is 3.80. The van der Waals surface area contributed by atoms with Gasteiger partial charge in [0.15, 0.2) is 5.96 Å². The molecule has 6 nitrogen and oxygen atoms in total. The second-order valence-corrected chi connectivity index (χ2v) is 8.43. The summed E-state index contributed by atoms with van der Waals surface area (Å²) >= 11 is 1.69. The topological polar surface area (TPSA) is 66.8 Å². The lowest BCUT2D eigenvalue weighted by Gasteiger charge is -2.21. The molecule has 1 fully saturated rings. The average molecular weight is 494 g/mol. The first-order chi connectivity index (χ1) is 11.8. The minimum atomic E-state index is -0.139. The number of aromatic nitrogens is 1. The number of rotatable bonds is 4. The van der Waals surface area contributed by atoms with Crippen LogP contribution in [-0.4, -0.2) is 48.6 Å². The number of carbonyl (C=O) groups is 1. The zero-order chi connectivity index (χ0) is 18.6. The van der Waals surface area contributed by atoms with Crippen molar-refractivity contribution in [2.45, 2.75) is 46.6 Å². The van der Waals surface area contributed by atoms with E-state index in [-0.39, 0.29) is 47.2 Å². The van der Waals surface area contributed by atoms with Gasteiger partial charge in [0.2, 0.25) is 0 Å². The molecule has 148 valence electrons. The summed E-state index contributed by atoms with van der Waals surface area (Å²) in [6.07, 6.45) is 0. The molecule has 1 aromatic heterocycles. The molecule has 1 aliphatic heterocycles. The van der Waals surface area contributed by atoms with Crippen molar-refractivity contribution in [3.05, 3.63) is 16.1 Å². The molecule has 0 aliphatic carbocycles. The summed E-state index contributed by atoms with van der Waals surface area (Å²) in [5.74, 6) is 0.856. The van der Waals surface area contributed by atoms with Gasteiger partial charge in [-0.05, 0) is 12.8 Å². The van der Waals surface area contributed by atoms with Crippen molar-refractivity contribution in [2.75, 3.05) is 26.7 Å². The first-order valence-electron chi connectivity index (χ1n) is 8.82. The van der Waals surface area contributed by atoms with Gasteiger partial charge < -0.3 is 15.0 Å². The summed E-state index contributed by atoms with van der Waals surface area (Å²) in [7, 11) is 1.45. The van der Waals surface area contributed by atoms with Gasteiger partial charge in [0, 0.05) is 30.4 Å². The molecule has 2 rings (SSSR count). The molecule has 0 aromatic carbocycles. The number of guanidine groups is 1. The zero-order valence-corrected chi connectivity index (χ0v) is 19.7. The van der Waals surface area contributed by atoms with Crippen LogP contribution in [0, 0.1) is 11.8 Å². The number of thiazole rings is 1. The van der Waals surface area contributed by atoms with E-state index < -0.39 is 0 Å². The molecular weight excluding hydrogens is 463 g/mol. The van der Waals surface area contributed by atoms with Crippen LogP contribution in [0.15, 0.2) is 10.4 Å². The van der Waals surface area contributed by atoms with E-state index in [1.807, 2.05) is 6.92 Å². The van der Waals surface area contributed by atoms with Crippen molar-refractivity contribution in [3.8, 4) is 0 Å². The highest BCUT2D eigenvalue weighted by Crippen LogP contribution is 2.26. The molecule has 1 aliphatic rings. The summed E-state index contributed by atoms with van der Waals surface area (Å²) in [5.41, 5.74) is 1.05. The number of methoxy groups -OCH3 is 1. The van der Waals surface area contributed by atoms with E-state index in [0.717, 1.165) is 29.8 Å². The Hall–Kier alpha value is -0.900. The number of ether oxygens (including phenoxy) is 1. The molecule has 0 spiro atoms. The van der Waals surface area contributed by atoms with E-state index in [1.54, 1.807) is 11.3 Å². The van der Waals surface area contributed by atoms with Crippen molar-refractivity contribution in [1.29, 1.82) is 0 Å². The number of carbonyl (C=O) groups excluding carboxylic acids is 1. The molecule has 0 bridgehead atoms. The van der Waals surface area contributed by atoms with Crippen molar-refractivity contribution in [1.82, 2.24) is 15.2 Å². The molecule has 0 radical (unpaired) electrons. The predicted molar refractivity (Wildman–Crippen MR) is 117 cm³/mol. The standard InChI is InChI=1S/C18H30N4O2S.HI/c1-7-19-17(22-9-12(2)14(10-22)15(23)24-6)20-8-13-11-25-16(21-13)18(3,4)5;/h11-12,14H,7-10H2,1-6H3,(H,19,20);1H. The molecule has 1 N–H and O–H groups in total. The molecule has 2 heterocycles. The second-order valence-electron chi connectivity index (χ2n) is 7.58. The van der Waals surface area contributed by atoms with Gasteiger partial charge in [0.25, 0.3) is 0 Å². The highest BCUT2D eigenvalue weighted by molar-refractivity contribution is 14.0. The monoisotopic (exact) mass is 494 g/mol. The van der Waals surface area contributed by atoms with E-state index in [9.17, 15) is 4.79 Å². The van der Waals surface area contributed by atoms with Crippen LogP contribution in [0.4, 0.5) is 0 Å². The highest BCUT2D eigenvalue weighted by Gasteiger charge is 2.36. The Kier molecular flexibility index (Phi) is 8.78. The van der Waals surface area contributed by atoms with Crippen LogP contribution < -0.4 is 5.32 Å². The summed E-state index contributed by atoms with van der Waals surface area (Å²) in [5, 5.41) is 6.54. The fourth-order valence-electron chi connectivity index (χ4n) is 2.90. The first-order valence-corrected chi connectivity index (χ1v) is 9.70.